The fourth-order valence-electron chi connectivity index (χ4n) is 2.51. The quantitative estimate of drug-likeness (QED) is 0.884. The van der Waals surface area contributed by atoms with Crippen LogP contribution < -0.4 is 10.6 Å². The molecular formula is C12H13F3N6O. The number of anilines is 1. The Kier molecular flexibility index (Phi) is 3.18. The average Bonchev–Trinajstić information content (AvgIpc) is 3.03. The van der Waals surface area contributed by atoms with E-state index in [4.69, 9.17) is 5.73 Å². The number of aromatic nitrogens is 4. The van der Waals surface area contributed by atoms with Gasteiger partial charge in [-0.3, -0.25) is 4.79 Å². The van der Waals surface area contributed by atoms with Gasteiger partial charge in [-0.15, -0.1) is 5.10 Å². The van der Waals surface area contributed by atoms with Gasteiger partial charge in [0.2, 0.25) is 5.91 Å². The van der Waals surface area contributed by atoms with Crippen LogP contribution in [-0.4, -0.2) is 38.6 Å². The molecule has 0 aromatic carbocycles. The fourth-order valence-corrected chi connectivity index (χ4v) is 2.51. The highest BCUT2D eigenvalue weighted by Crippen LogP contribution is 2.29. The van der Waals surface area contributed by atoms with Crippen LogP contribution in [0.15, 0.2) is 6.07 Å². The van der Waals surface area contributed by atoms with Crippen molar-refractivity contribution in [3.05, 3.63) is 17.6 Å². The van der Waals surface area contributed by atoms with Crippen molar-refractivity contribution in [1.82, 2.24) is 19.6 Å². The second-order valence-corrected chi connectivity index (χ2v) is 5.23. The summed E-state index contributed by atoms with van der Waals surface area (Å²) in [4.78, 5) is 20.4. The van der Waals surface area contributed by atoms with Gasteiger partial charge in [0, 0.05) is 24.8 Å². The van der Waals surface area contributed by atoms with Gasteiger partial charge in [-0.05, 0) is 13.3 Å². The zero-order chi connectivity index (χ0) is 16.1. The van der Waals surface area contributed by atoms with Crippen LogP contribution in [0.25, 0.3) is 5.78 Å². The number of aryl methyl sites for hydroxylation is 1. The van der Waals surface area contributed by atoms with Crippen molar-refractivity contribution in [1.29, 1.82) is 0 Å². The number of alkyl halides is 3. The molecule has 0 unspecified atom stereocenters. The molecule has 1 amide bonds. The lowest BCUT2D eigenvalue weighted by Crippen LogP contribution is -2.28. The lowest BCUT2D eigenvalue weighted by Gasteiger charge is -2.18. The first-order chi connectivity index (χ1) is 10.3. The molecule has 1 aliphatic heterocycles. The molecule has 0 spiro atoms. The molecule has 7 nitrogen and oxygen atoms in total. The molecule has 2 N–H and O–H groups in total. The predicted molar refractivity (Wildman–Crippen MR) is 70.0 cm³/mol. The van der Waals surface area contributed by atoms with E-state index in [-0.39, 0.29) is 11.7 Å². The number of nitrogens with zero attached hydrogens (tertiary/aromatic N) is 5. The van der Waals surface area contributed by atoms with Gasteiger partial charge in [0.05, 0.1) is 5.92 Å². The molecule has 2 aromatic heterocycles. The summed E-state index contributed by atoms with van der Waals surface area (Å²) in [6.45, 7) is 2.51. The van der Waals surface area contributed by atoms with Gasteiger partial charge in [-0.1, -0.05) is 0 Å². The first kappa shape index (κ1) is 14.5. The van der Waals surface area contributed by atoms with E-state index in [2.05, 4.69) is 15.1 Å². The Hall–Kier alpha value is -2.39. The second-order valence-electron chi connectivity index (χ2n) is 5.23. The number of amides is 1. The maximum atomic E-state index is 12.8. The maximum Gasteiger partial charge on any atom is 0.453 e. The number of carbonyl (C=O) groups excluding carboxylic acids is 1. The minimum Gasteiger partial charge on any atom is -0.369 e. The minimum absolute atomic E-state index is 0.121. The monoisotopic (exact) mass is 314 g/mol. The van der Waals surface area contributed by atoms with Crippen molar-refractivity contribution in [2.24, 2.45) is 11.7 Å². The number of halogens is 3. The van der Waals surface area contributed by atoms with Crippen molar-refractivity contribution in [2.45, 2.75) is 19.5 Å². The fraction of sp³-hybridized carbons (Fsp3) is 0.500. The predicted octanol–water partition coefficient (Wildman–Crippen LogP) is 0.763. The summed E-state index contributed by atoms with van der Waals surface area (Å²) in [5.41, 5.74) is 5.80. The van der Waals surface area contributed by atoms with Crippen LogP contribution in [0.2, 0.25) is 0 Å². The van der Waals surface area contributed by atoms with Gasteiger partial charge in [0.1, 0.15) is 5.82 Å². The van der Waals surface area contributed by atoms with E-state index in [9.17, 15) is 18.0 Å². The molecule has 3 rings (SSSR count). The van der Waals surface area contributed by atoms with E-state index in [1.54, 1.807) is 17.9 Å². The molecule has 0 saturated carbocycles. The molecule has 22 heavy (non-hydrogen) atoms. The molecule has 1 saturated heterocycles. The Labute approximate surface area is 122 Å². The number of nitrogens with two attached hydrogens (primary N) is 1. The molecule has 1 fully saturated rings. The van der Waals surface area contributed by atoms with Gasteiger partial charge in [-0.25, -0.2) is 4.98 Å². The lowest BCUT2D eigenvalue weighted by atomic mass is 10.1. The zero-order valence-electron chi connectivity index (χ0n) is 11.6. The molecule has 0 aliphatic carbocycles. The molecule has 10 heteroatoms. The molecule has 1 aliphatic rings. The van der Waals surface area contributed by atoms with E-state index in [1.807, 2.05) is 0 Å². The van der Waals surface area contributed by atoms with E-state index < -0.39 is 17.9 Å². The Bertz CT molecular complexity index is 740. The normalized spacial score (nSPS) is 19.1. The Morgan fingerprint density at radius 3 is 2.73 bits per heavy atom. The summed E-state index contributed by atoms with van der Waals surface area (Å²) in [5, 5.41) is 3.50. The molecule has 1 atom stereocenters. The largest absolute Gasteiger partial charge is 0.453 e. The van der Waals surface area contributed by atoms with Crippen LogP contribution in [0.1, 0.15) is 17.9 Å². The SMILES string of the molecule is Cc1cc(N2CC[C@@H](C(N)=O)C2)n2nc(C(F)(F)F)nc2n1. The summed E-state index contributed by atoms with van der Waals surface area (Å²) in [7, 11) is 0. The topological polar surface area (TPSA) is 89.4 Å². The van der Waals surface area contributed by atoms with E-state index in [0.717, 1.165) is 4.52 Å². The van der Waals surface area contributed by atoms with Crippen molar-refractivity contribution in [3.63, 3.8) is 0 Å². The maximum absolute atomic E-state index is 12.8. The summed E-state index contributed by atoms with van der Waals surface area (Å²) in [5.74, 6) is -1.68. The van der Waals surface area contributed by atoms with E-state index in [1.165, 1.54) is 0 Å². The van der Waals surface area contributed by atoms with Crippen LogP contribution in [-0.2, 0) is 11.0 Å². The smallest absolute Gasteiger partial charge is 0.369 e. The van der Waals surface area contributed by atoms with E-state index in [0.29, 0.717) is 31.0 Å². The van der Waals surface area contributed by atoms with Gasteiger partial charge >= 0.3 is 6.18 Å². The highest BCUT2D eigenvalue weighted by Gasteiger charge is 2.37. The molecule has 3 heterocycles. The van der Waals surface area contributed by atoms with Gasteiger partial charge < -0.3 is 10.6 Å². The van der Waals surface area contributed by atoms with Crippen molar-refractivity contribution in [2.75, 3.05) is 18.0 Å². The van der Waals surface area contributed by atoms with Crippen LogP contribution in [0.5, 0.6) is 0 Å². The summed E-state index contributed by atoms with van der Waals surface area (Å²) in [6.07, 6.45) is -4.08. The molecule has 2 aromatic rings. The number of primary amides is 1. The number of hydrogen-bond acceptors (Lipinski definition) is 5. The highest BCUT2D eigenvalue weighted by molar-refractivity contribution is 5.78. The lowest BCUT2D eigenvalue weighted by molar-refractivity contribution is -0.144. The summed E-state index contributed by atoms with van der Waals surface area (Å²) in [6, 6.07) is 1.62. The number of fused-ring (bicyclic) bond motifs is 1. The zero-order valence-corrected chi connectivity index (χ0v) is 11.6. The average molecular weight is 314 g/mol. The van der Waals surface area contributed by atoms with Crippen molar-refractivity contribution in [3.8, 4) is 0 Å². The molecule has 0 bridgehead atoms. The van der Waals surface area contributed by atoms with Crippen LogP contribution in [0.4, 0.5) is 19.0 Å². The first-order valence-electron chi connectivity index (χ1n) is 6.61. The van der Waals surface area contributed by atoms with Crippen LogP contribution in [0.3, 0.4) is 0 Å². The highest BCUT2D eigenvalue weighted by atomic mass is 19.4. The Morgan fingerprint density at radius 2 is 2.14 bits per heavy atom. The Morgan fingerprint density at radius 1 is 1.41 bits per heavy atom. The van der Waals surface area contributed by atoms with E-state index >= 15 is 0 Å². The molecule has 118 valence electrons. The number of rotatable bonds is 2. The summed E-state index contributed by atoms with van der Waals surface area (Å²) < 4.78 is 39.3. The number of carbonyl (C=O) groups is 1. The van der Waals surface area contributed by atoms with Crippen molar-refractivity contribution >= 4 is 17.5 Å². The third-order valence-electron chi connectivity index (χ3n) is 3.59. The molecule has 0 radical (unpaired) electrons. The van der Waals surface area contributed by atoms with Crippen molar-refractivity contribution < 1.29 is 18.0 Å². The van der Waals surface area contributed by atoms with Gasteiger partial charge in [0.25, 0.3) is 11.6 Å². The molecular weight excluding hydrogens is 301 g/mol. The third kappa shape index (κ3) is 2.44. The second kappa shape index (κ2) is 4.82. The van der Waals surface area contributed by atoms with Crippen LogP contribution >= 0.6 is 0 Å². The van der Waals surface area contributed by atoms with Crippen LogP contribution in [0, 0.1) is 12.8 Å². The minimum atomic E-state index is -4.64. The Balaban J connectivity index is 2.06. The number of hydrogen-bond donors (Lipinski definition) is 1. The van der Waals surface area contributed by atoms with Gasteiger partial charge in [0.15, 0.2) is 0 Å². The van der Waals surface area contributed by atoms with Gasteiger partial charge in [-0.2, -0.15) is 22.7 Å². The summed E-state index contributed by atoms with van der Waals surface area (Å²) >= 11 is 0. The third-order valence-corrected chi connectivity index (χ3v) is 3.59. The first-order valence-corrected chi connectivity index (χ1v) is 6.61. The standard InChI is InChI=1S/C12H13F3N6O/c1-6-4-8(20-3-2-7(5-20)9(16)22)21-11(17-6)18-10(19-21)12(13,14)15/h4,7H,2-3,5H2,1H3,(H2,16,22)/t7-/m1/s1.